The van der Waals surface area contributed by atoms with E-state index in [1.165, 1.54) is 17.7 Å². The fraction of sp³-hybridized carbons (Fsp3) is 0.235. The Morgan fingerprint density at radius 2 is 1.75 bits per heavy atom. The number of hydrogen-bond donors (Lipinski definition) is 1. The molecule has 0 spiro atoms. The smallest absolute Gasteiger partial charge is 0.301 e. The predicted molar refractivity (Wildman–Crippen MR) is 111 cm³/mol. The van der Waals surface area contributed by atoms with Crippen LogP contribution in [-0.2, 0) is 0 Å². The summed E-state index contributed by atoms with van der Waals surface area (Å²) in [5.41, 5.74) is 4.12. The van der Waals surface area contributed by atoms with E-state index in [-0.39, 0.29) is 21.6 Å². The average molecular weight is 420 g/mol. The summed E-state index contributed by atoms with van der Waals surface area (Å²) in [5.74, 6) is 2.17. The first-order valence-electron chi connectivity index (χ1n) is 8.09. The molecule has 1 heterocycles. The number of ether oxygens (including phenoxy) is 1. The topological polar surface area (TPSA) is 120 Å². The lowest BCUT2D eigenvalue weighted by atomic mass is 10.2. The third-order valence-electron chi connectivity index (χ3n) is 3.91. The second kappa shape index (κ2) is 8.93. The molecule has 0 aromatic heterocycles. The van der Waals surface area contributed by atoms with Crippen LogP contribution in [0.1, 0.15) is 10.1 Å². The van der Waals surface area contributed by atoms with E-state index in [1.54, 1.807) is 30.6 Å². The van der Waals surface area contributed by atoms with Gasteiger partial charge in [0.1, 0.15) is 11.4 Å². The number of non-ortho nitro benzene ring substituents is 1. The van der Waals surface area contributed by atoms with Crippen molar-refractivity contribution in [2.75, 3.05) is 24.0 Å². The number of thioether (sulfide) groups is 2. The van der Waals surface area contributed by atoms with Crippen LogP contribution in [0.4, 0.5) is 17.1 Å². The van der Waals surface area contributed by atoms with Gasteiger partial charge in [-0.15, -0.1) is 23.5 Å². The van der Waals surface area contributed by atoms with Crippen molar-refractivity contribution in [1.82, 2.24) is 0 Å². The van der Waals surface area contributed by atoms with Crippen LogP contribution in [0.2, 0.25) is 0 Å². The summed E-state index contributed by atoms with van der Waals surface area (Å²) >= 11 is 3.44. The molecule has 0 amide bonds. The van der Waals surface area contributed by atoms with Gasteiger partial charge in [0.05, 0.1) is 33.3 Å². The molecule has 0 atom stereocenters. The highest BCUT2D eigenvalue weighted by molar-refractivity contribution is 8.18. The summed E-state index contributed by atoms with van der Waals surface area (Å²) in [6.07, 6.45) is 0. The van der Waals surface area contributed by atoms with E-state index in [1.807, 2.05) is 24.3 Å². The van der Waals surface area contributed by atoms with Crippen molar-refractivity contribution in [3.8, 4) is 5.75 Å². The molecule has 2 aromatic carbocycles. The number of hydrogen-bond acceptors (Lipinski definition) is 9. The summed E-state index contributed by atoms with van der Waals surface area (Å²) < 4.78 is 5.44. The first-order chi connectivity index (χ1) is 13.5. The van der Waals surface area contributed by atoms with Crippen LogP contribution in [0.25, 0.3) is 0 Å². The van der Waals surface area contributed by atoms with Crippen LogP contribution < -0.4 is 10.2 Å². The molecule has 0 aliphatic carbocycles. The summed E-state index contributed by atoms with van der Waals surface area (Å²) in [6, 6.07) is 11.3. The minimum atomic E-state index is -0.670. The maximum atomic E-state index is 11.2. The van der Waals surface area contributed by atoms with Crippen molar-refractivity contribution in [2.45, 2.75) is 4.58 Å². The van der Waals surface area contributed by atoms with Gasteiger partial charge in [-0.3, -0.25) is 25.7 Å². The Balaban J connectivity index is 1.65. The van der Waals surface area contributed by atoms with Crippen molar-refractivity contribution in [1.29, 1.82) is 0 Å². The number of nitrogens with one attached hydrogen (secondary N) is 1. The Morgan fingerprint density at radius 3 is 2.32 bits per heavy atom. The van der Waals surface area contributed by atoms with Crippen molar-refractivity contribution in [2.24, 2.45) is 5.10 Å². The molecule has 1 saturated heterocycles. The van der Waals surface area contributed by atoms with Crippen LogP contribution in [0.3, 0.4) is 0 Å². The Kier molecular flexibility index (Phi) is 6.37. The third-order valence-corrected chi connectivity index (χ3v) is 6.88. The van der Waals surface area contributed by atoms with E-state index in [9.17, 15) is 20.2 Å². The SMILES string of the molecule is COc1ccc(C2SCC(=NNc3ccc([N+](=O)[O-])cc3[N+](=O)[O-])CS2)cc1. The van der Waals surface area contributed by atoms with Crippen molar-refractivity contribution < 1.29 is 14.6 Å². The number of nitro groups is 2. The zero-order valence-electron chi connectivity index (χ0n) is 14.7. The molecule has 146 valence electrons. The second-order valence-electron chi connectivity index (χ2n) is 5.73. The molecule has 3 rings (SSSR count). The van der Waals surface area contributed by atoms with Gasteiger partial charge < -0.3 is 4.74 Å². The molecule has 1 fully saturated rings. The van der Waals surface area contributed by atoms with Gasteiger partial charge in [-0.2, -0.15) is 5.10 Å². The maximum absolute atomic E-state index is 11.2. The first-order valence-corrected chi connectivity index (χ1v) is 10.2. The standard InChI is InChI=1S/C17H16N4O5S2/c1-26-14-5-2-11(3-6-14)17-27-9-12(10-28-17)18-19-15-7-4-13(20(22)23)8-16(15)21(24)25/h2-8,17,19H,9-10H2,1H3. The van der Waals surface area contributed by atoms with Crippen LogP contribution in [0.15, 0.2) is 47.6 Å². The summed E-state index contributed by atoms with van der Waals surface area (Å²) in [6.45, 7) is 0. The third kappa shape index (κ3) is 4.73. The molecule has 0 saturated carbocycles. The molecular formula is C17H16N4O5S2. The fourth-order valence-electron chi connectivity index (χ4n) is 2.47. The maximum Gasteiger partial charge on any atom is 0.301 e. The minimum Gasteiger partial charge on any atom is -0.497 e. The van der Waals surface area contributed by atoms with Gasteiger partial charge in [0.15, 0.2) is 0 Å². The summed E-state index contributed by atoms with van der Waals surface area (Å²) in [4.78, 5) is 20.6. The molecule has 2 aromatic rings. The van der Waals surface area contributed by atoms with Crippen LogP contribution in [0.5, 0.6) is 5.75 Å². The van der Waals surface area contributed by atoms with Crippen LogP contribution >= 0.6 is 23.5 Å². The summed E-state index contributed by atoms with van der Waals surface area (Å²) in [7, 11) is 1.63. The zero-order valence-corrected chi connectivity index (χ0v) is 16.4. The zero-order chi connectivity index (χ0) is 20.1. The number of nitrogens with zero attached hydrogens (tertiary/aromatic N) is 3. The fourth-order valence-corrected chi connectivity index (χ4v) is 5.11. The predicted octanol–water partition coefficient (Wildman–Crippen LogP) is 4.46. The van der Waals surface area contributed by atoms with Gasteiger partial charge in [-0.05, 0) is 23.8 Å². The molecular weight excluding hydrogens is 404 g/mol. The molecule has 0 bridgehead atoms. The van der Waals surface area contributed by atoms with Crippen molar-refractivity contribution in [3.05, 3.63) is 68.3 Å². The number of methoxy groups -OCH3 is 1. The van der Waals surface area contributed by atoms with E-state index in [0.29, 0.717) is 11.5 Å². The van der Waals surface area contributed by atoms with E-state index in [0.717, 1.165) is 17.5 Å². The van der Waals surface area contributed by atoms with Crippen molar-refractivity contribution in [3.63, 3.8) is 0 Å². The molecule has 1 aliphatic rings. The molecule has 0 radical (unpaired) electrons. The highest BCUT2D eigenvalue weighted by atomic mass is 32.2. The minimum absolute atomic E-state index is 0.121. The van der Waals surface area contributed by atoms with E-state index >= 15 is 0 Å². The summed E-state index contributed by atoms with van der Waals surface area (Å²) in [5, 5.41) is 26.2. The molecule has 1 aliphatic heterocycles. The molecule has 28 heavy (non-hydrogen) atoms. The van der Waals surface area contributed by atoms with Crippen LogP contribution in [0, 0.1) is 20.2 Å². The Bertz CT molecular complexity index is 910. The number of hydrazone groups is 1. The average Bonchev–Trinajstić information content (AvgIpc) is 2.72. The Hall–Kier alpha value is -2.79. The number of nitro benzene ring substituents is 2. The Morgan fingerprint density at radius 1 is 1.07 bits per heavy atom. The van der Waals surface area contributed by atoms with Gasteiger partial charge in [-0.25, -0.2) is 0 Å². The van der Waals surface area contributed by atoms with Gasteiger partial charge in [0.2, 0.25) is 0 Å². The lowest BCUT2D eigenvalue weighted by Crippen LogP contribution is -2.15. The second-order valence-corrected chi connectivity index (χ2v) is 8.22. The lowest BCUT2D eigenvalue weighted by molar-refractivity contribution is -0.393. The molecule has 9 nitrogen and oxygen atoms in total. The van der Waals surface area contributed by atoms with Gasteiger partial charge >= 0.3 is 5.69 Å². The largest absolute Gasteiger partial charge is 0.497 e. The molecule has 0 unspecified atom stereocenters. The highest BCUT2D eigenvalue weighted by Gasteiger charge is 2.22. The number of benzene rings is 2. The van der Waals surface area contributed by atoms with Crippen LogP contribution in [-0.4, -0.2) is 34.2 Å². The van der Waals surface area contributed by atoms with E-state index < -0.39 is 9.85 Å². The highest BCUT2D eigenvalue weighted by Crippen LogP contribution is 2.43. The number of anilines is 1. The van der Waals surface area contributed by atoms with E-state index in [2.05, 4.69) is 10.5 Å². The number of rotatable bonds is 6. The van der Waals surface area contributed by atoms with Crippen molar-refractivity contribution >= 4 is 46.3 Å². The van der Waals surface area contributed by atoms with Gasteiger partial charge in [-0.1, -0.05) is 12.1 Å². The Labute approximate surface area is 168 Å². The molecule has 1 N–H and O–H groups in total. The molecule has 11 heteroatoms. The normalized spacial score (nSPS) is 16.3. The monoisotopic (exact) mass is 420 g/mol. The van der Waals surface area contributed by atoms with Gasteiger partial charge in [0, 0.05) is 17.6 Å². The van der Waals surface area contributed by atoms with Gasteiger partial charge in [0.25, 0.3) is 5.69 Å². The lowest BCUT2D eigenvalue weighted by Gasteiger charge is -2.22. The quantitative estimate of drug-likeness (QED) is 0.537. The first kappa shape index (κ1) is 20.0. The van der Waals surface area contributed by atoms with E-state index in [4.69, 9.17) is 4.74 Å².